The molecule has 1 aromatic heterocycles. The minimum atomic E-state index is 0.0788. The van der Waals surface area contributed by atoms with Crippen molar-refractivity contribution in [3.63, 3.8) is 0 Å². The Labute approximate surface area is 142 Å². The van der Waals surface area contributed by atoms with E-state index < -0.39 is 0 Å². The van der Waals surface area contributed by atoms with Gasteiger partial charge in [0.25, 0.3) is 0 Å². The number of hydrogen-bond acceptors (Lipinski definition) is 4. The van der Waals surface area contributed by atoms with Crippen LogP contribution in [0.5, 0.6) is 0 Å². The summed E-state index contributed by atoms with van der Waals surface area (Å²) < 4.78 is 5.92. The highest BCUT2D eigenvalue weighted by Gasteiger charge is 2.41. The van der Waals surface area contributed by atoms with Crippen molar-refractivity contribution >= 4 is 5.69 Å². The molecule has 124 valence electrons. The predicted molar refractivity (Wildman–Crippen MR) is 96.6 cm³/mol. The zero-order valence-corrected chi connectivity index (χ0v) is 14.3. The molecule has 1 fully saturated rings. The van der Waals surface area contributed by atoms with E-state index in [-0.39, 0.29) is 18.4 Å². The lowest BCUT2D eigenvalue weighted by atomic mass is 10.1. The van der Waals surface area contributed by atoms with Crippen molar-refractivity contribution in [1.82, 2.24) is 10.2 Å². The average molecular weight is 321 g/mol. The van der Waals surface area contributed by atoms with E-state index in [2.05, 4.69) is 78.1 Å². The number of furan rings is 1. The van der Waals surface area contributed by atoms with E-state index in [1.54, 1.807) is 0 Å². The summed E-state index contributed by atoms with van der Waals surface area (Å²) in [5, 5.41) is 7.42. The van der Waals surface area contributed by atoms with Crippen LogP contribution in [0.15, 0.2) is 59.2 Å². The highest BCUT2D eigenvalue weighted by atomic mass is 16.3. The van der Waals surface area contributed by atoms with Crippen LogP contribution in [0.3, 0.4) is 0 Å². The molecule has 4 nitrogen and oxygen atoms in total. The molecule has 0 amide bonds. The van der Waals surface area contributed by atoms with Crippen molar-refractivity contribution in [3.05, 3.63) is 77.4 Å². The Bertz CT molecular complexity index is 785. The van der Waals surface area contributed by atoms with Gasteiger partial charge >= 0.3 is 0 Å². The second kappa shape index (κ2) is 5.87. The minimum Gasteiger partial charge on any atom is -0.465 e. The molecule has 0 radical (unpaired) electrons. The summed E-state index contributed by atoms with van der Waals surface area (Å²) in [7, 11) is 0. The maximum absolute atomic E-state index is 5.92. The lowest BCUT2D eigenvalue weighted by Crippen LogP contribution is -2.39. The third-order valence-electron chi connectivity index (χ3n) is 4.81. The topological polar surface area (TPSA) is 40.4 Å². The average Bonchev–Trinajstić information content (AvgIpc) is 3.15. The molecule has 1 saturated heterocycles. The molecule has 0 aliphatic carbocycles. The van der Waals surface area contributed by atoms with Crippen molar-refractivity contribution in [2.24, 2.45) is 0 Å². The number of para-hydroxylation sites is 1. The van der Waals surface area contributed by atoms with Gasteiger partial charge < -0.3 is 14.6 Å². The first-order valence-corrected chi connectivity index (χ1v) is 8.41. The molecule has 2 aliphatic rings. The Morgan fingerprint density at radius 2 is 1.83 bits per heavy atom. The molecule has 3 heterocycles. The Kier molecular flexibility index (Phi) is 3.69. The molecule has 4 rings (SSSR count). The van der Waals surface area contributed by atoms with Crippen molar-refractivity contribution in [2.45, 2.75) is 39.1 Å². The number of aryl methyl sites for hydroxylation is 3. The predicted octanol–water partition coefficient (Wildman–Crippen LogP) is 4.00. The summed E-state index contributed by atoms with van der Waals surface area (Å²) in [4.78, 5) is 2.31. The number of rotatable bonds is 3. The van der Waals surface area contributed by atoms with Crippen molar-refractivity contribution in [1.29, 1.82) is 0 Å². The maximum atomic E-state index is 5.92. The van der Waals surface area contributed by atoms with Crippen LogP contribution in [-0.2, 0) is 0 Å². The number of benzene rings is 1. The van der Waals surface area contributed by atoms with Crippen LogP contribution >= 0.6 is 0 Å². The highest BCUT2D eigenvalue weighted by molar-refractivity contribution is 5.57. The Morgan fingerprint density at radius 1 is 1.04 bits per heavy atom. The van der Waals surface area contributed by atoms with E-state index in [4.69, 9.17) is 4.42 Å². The van der Waals surface area contributed by atoms with E-state index in [1.165, 1.54) is 16.8 Å². The highest BCUT2D eigenvalue weighted by Crippen LogP contribution is 2.34. The fourth-order valence-electron chi connectivity index (χ4n) is 3.57. The monoisotopic (exact) mass is 321 g/mol. The summed E-state index contributed by atoms with van der Waals surface area (Å²) in [5.41, 5.74) is 3.70. The first-order valence-electron chi connectivity index (χ1n) is 8.41. The van der Waals surface area contributed by atoms with Gasteiger partial charge in [0.1, 0.15) is 29.9 Å². The number of hydrogen-bond donors (Lipinski definition) is 2. The maximum Gasteiger partial charge on any atom is 0.125 e. The van der Waals surface area contributed by atoms with Crippen LogP contribution in [0.2, 0.25) is 0 Å². The molecule has 24 heavy (non-hydrogen) atoms. The van der Waals surface area contributed by atoms with Gasteiger partial charge in [0.05, 0.1) is 0 Å². The largest absolute Gasteiger partial charge is 0.465 e. The summed E-state index contributed by atoms with van der Waals surface area (Å²) in [6.07, 6.45) is 8.73. The van der Waals surface area contributed by atoms with Crippen LogP contribution in [0, 0.1) is 20.8 Å². The molecular formula is C20H23N3O. The number of nitrogens with one attached hydrogen (secondary N) is 2. The fourth-order valence-corrected chi connectivity index (χ4v) is 3.57. The van der Waals surface area contributed by atoms with Gasteiger partial charge in [-0.1, -0.05) is 24.3 Å². The molecule has 0 saturated carbocycles. The van der Waals surface area contributed by atoms with E-state index in [0.29, 0.717) is 0 Å². The SMILES string of the molecule is Cc1ccc(C2NC3C=CC=CN3C2Nc2c(C)cccc2C)o1. The second-order valence-electron chi connectivity index (χ2n) is 6.57. The van der Waals surface area contributed by atoms with Crippen LogP contribution in [0.25, 0.3) is 0 Å². The Balaban J connectivity index is 1.71. The molecule has 0 spiro atoms. The number of fused-ring (bicyclic) bond motifs is 1. The quantitative estimate of drug-likeness (QED) is 0.896. The van der Waals surface area contributed by atoms with Gasteiger partial charge in [-0.15, -0.1) is 0 Å². The summed E-state index contributed by atoms with van der Waals surface area (Å²) >= 11 is 0. The van der Waals surface area contributed by atoms with E-state index >= 15 is 0 Å². The second-order valence-corrected chi connectivity index (χ2v) is 6.57. The summed E-state index contributed by atoms with van der Waals surface area (Å²) in [5.74, 6) is 1.90. The lowest BCUT2D eigenvalue weighted by Gasteiger charge is -2.31. The van der Waals surface area contributed by atoms with E-state index in [9.17, 15) is 0 Å². The van der Waals surface area contributed by atoms with Crippen LogP contribution < -0.4 is 10.6 Å². The zero-order chi connectivity index (χ0) is 16.7. The minimum absolute atomic E-state index is 0.0788. The van der Waals surface area contributed by atoms with Crippen LogP contribution in [-0.4, -0.2) is 17.2 Å². The van der Waals surface area contributed by atoms with Gasteiger partial charge in [0.15, 0.2) is 0 Å². The summed E-state index contributed by atoms with van der Waals surface area (Å²) in [6, 6.07) is 10.6. The van der Waals surface area contributed by atoms with Crippen LogP contribution in [0.1, 0.15) is 28.7 Å². The summed E-state index contributed by atoms with van der Waals surface area (Å²) in [6.45, 7) is 6.28. The van der Waals surface area contributed by atoms with Crippen molar-refractivity contribution in [2.75, 3.05) is 5.32 Å². The first kappa shape index (κ1) is 15.1. The molecule has 2 aliphatic heterocycles. The van der Waals surface area contributed by atoms with Gasteiger partial charge in [-0.25, -0.2) is 0 Å². The Morgan fingerprint density at radius 3 is 2.54 bits per heavy atom. The zero-order valence-electron chi connectivity index (χ0n) is 14.3. The molecule has 2 aromatic rings. The molecule has 4 heteroatoms. The standard InChI is InChI=1S/C20H23N3O/c1-13-7-6-8-14(2)18(13)22-20-19(16-11-10-15(3)24-16)21-17-9-4-5-12-23(17)20/h4-12,17,19-22H,1-3H3. The molecule has 2 N–H and O–H groups in total. The third kappa shape index (κ3) is 2.53. The lowest BCUT2D eigenvalue weighted by molar-refractivity contribution is 0.310. The molecule has 0 bridgehead atoms. The first-order chi connectivity index (χ1) is 11.6. The smallest absolute Gasteiger partial charge is 0.125 e. The molecular weight excluding hydrogens is 298 g/mol. The van der Waals surface area contributed by atoms with Gasteiger partial charge in [0, 0.05) is 11.9 Å². The van der Waals surface area contributed by atoms with Gasteiger partial charge in [-0.3, -0.25) is 5.32 Å². The fraction of sp³-hybridized carbons (Fsp3) is 0.300. The number of anilines is 1. The normalized spacial score (nSPS) is 25.1. The molecule has 3 atom stereocenters. The number of allylic oxidation sites excluding steroid dienone is 2. The van der Waals surface area contributed by atoms with E-state index in [1.807, 2.05) is 13.0 Å². The Hall–Kier alpha value is -2.46. The van der Waals surface area contributed by atoms with E-state index in [0.717, 1.165) is 11.5 Å². The molecule has 1 aromatic carbocycles. The van der Waals surface area contributed by atoms with Crippen LogP contribution in [0.4, 0.5) is 5.69 Å². The van der Waals surface area contributed by atoms with Gasteiger partial charge in [0.2, 0.25) is 0 Å². The van der Waals surface area contributed by atoms with Crippen molar-refractivity contribution in [3.8, 4) is 0 Å². The molecule has 3 unspecified atom stereocenters. The van der Waals surface area contributed by atoms with Gasteiger partial charge in [-0.05, 0) is 56.2 Å². The number of nitrogens with zero attached hydrogens (tertiary/aromatic N) is 1. The third-order valence-corrected chi connectivity index (χ3v) is 4.81. The van der Waals surface area contributed by atoms with Gasteiger partial charge in [-0.2, -0.15) is 0 Å². The van der Waals surface area contributed by atoms with Crippen molar-refractivity contribution < 1.29 is 4.42 Å².